The molecule has 0 unspecified atom stereocenters. The second-order valence-electron chi connectivity index (χ2n) is 7.33. The molecular formula is C22H20FN3O5S2. The van der Waals surface area contributed by atoms with Crippen molar-refractivity contribution in [3.05, 3.63) is 68.9 Å². The van der Waals surface area contributed by atoms with Gasteiger partial charge in [0.1, 0.15) is 15.9 Å². The van der Waals surface area contributed by atoms with Crippen molar-refractivity contribution in [3.8, 4) is 11.5 Å². The summed E-state index contributed by atoms with van der Waals surface area (Å²) in [7, 11) is 0. The highest BCUT2D eigenvalue weighted by Crippen LogP contribution is 2.36. The Labute approximate surface area is 199 Å². The van der Waals surface area contributed by atoms with E-state index in [1.54, 1.807) is 17.0 Å². The van der Waals surface area contributed by atoms with Gasteiger partial charge >= 0.3 is 5.69 Å². The van der Waals surface area contributed by atoms with Gasteiger partial charge in [-0.1, -0.05) is 30.0 Å². The minimum absolute atomic E-state index is 0.0156. The Balaban J connectivity index is 1.48. The Bertz CT molecular complexity index is 1100. The number of ether oxygens (including phenoxy) is 2. The van der Waals surface area contributed by atoms with Crippen LogP contribution in [-0.4, -0.2) is 64.3 Å². The fourth-order valence-corrected chi connectivity index (χ4v) is 4.70. The zero-order valence-electron chi connectivity index (χ0n) is 17.4. The largest absolute Gasteiger partial charge is 0.450 e. The Morgan fingerprint density at radius 1 is 1.18 bits per heavy atom. The van der Waals surface area contributed by atoms with Gasteiger partial charge in [0.25, 0.3) is 5.91 Å². The summed E-state index contributed by atoms with van der Waals surface area (Å²) >= 11 is 6.55. The minimum Gasteiger partial charge on any atom is -0.450 e. The van der Waals surface area contributed by atoms with Gasteiger partial charge in [0.2, 0.25) is 5.75 Å². The summed E-state index contributed by atoms with van der Waals surface area (Å²) in [6.45, 7) is 4.17. The Morgan fingerprint density at radius 3 is 2.61 bits per heavy atom. The van der Waals surface area contributed by atoms with Crippen LogP contribution in [0.15, 0.2) is 47.4 Å². The first-order chi connectivity index (χ1) is 15.9. The molecule has 172 valence electrons. The summed E-state index contributed by atoms with van der Waals surface area (Å²) in [5, 5.41) is 11.6. The smallest absolute Gasteiger partial charge is 0.312 e. The van der Waals surface area contributed by atoms with E-state index in [4.69, 9.17) is 21.7 Å². The molecule has 2 heterocycles. The Morgan fingerprint density at radius 2 is 1.91 bits per heavy atom. The summed E-state index contributed by atoms with van der Waals surface area (Å²) in [6, 6.07) is 9.58. The summed E-state index contributed by atoms with van der Waals surface area (Å²) in [5.74, 6) is -0.364. The van der Waals surface area contributed by atoms with E-state index in [2.05, 4.69) is 4.90 Å². The van der Waals surface area contributed by atoms with Crippen LogP contribution < -0.4 is 4.74 Å². The highest BCUT2D eigenvalue weighted by molar-refractivity contribution is 8.26. The first-order valence-electron chi connectivity index (χ1n) is 10.2. The lowest BCUT2D eigenvalue weighted by atomic mass is 10.1. The number of nitro benzene ring substituents is 1. The van der Waals surface area contributed by atoms with Gasteiger partial charge in [0.05, 0.1) is 23.0 Å². The van der Waals surface area contributed by atoms with Crippen molar-refractivity contribution in [2.45, 2.75) is 0 Å². The van der Waals surface area contributed by atoms with E-state index >= 15 is 0 Å². The third-order valence-electron chi connectivity index (χ3n) is 5.14. The maximum atomic E-state index is 13.1. The van der Waals surface area contributed by atoms with E-state index in [1.165, 1.54) is 48.2 Å². The van der Waals surface area contributed by atoms with Crippen molar-refractivity contribution >= 4 is 46.0 Å². The number of benzene rings is 2. The molecule has 0 bridgehead atoms. The molecule has 2 fully saturated rings. The second kappa shape index (κ2) is 10.4. The molecule has 2 aromatic carbocycles. The lowest BCUT2D eigenvalue weighted by Crippen LogP contribution is -2.42. The third kappa shape index (κ3) is 5.74. The quantitative estimate of drug-likeness (QED) is 0.249. The van der Waals surface area contributed by atoms with E-state index in [0.29, 0.717) is 41.1 Å². The monoisotopic (exact) mass is 489 g/mol. The van der Waals surface area contributed by atoms with Crippen molar-refractivity contribution in [1.29, 1.82) is 0 Å². The van der Waals surface area contributed by atoms with Crippen molar-refractivity contribution in [1.82, 2.24) is 9.80 Å². The number of amides is 1. The maximum absolute atomic E-state index is 13.1. The van der Waals surface area contributed by atoms with Gasteiger partial charge in [-0.3, -0.25) is 24.7 Å². The zero-order chi connectivity index (χ0) is 23.4. The van der Waals surface area contributed by atoms with Gasteiger partial charge in [-0.05, 0) is 42.0 Å². The number of carbonyl (C=O) groups is 1. The predicted octanol–water partition coefficient (Wildman–Crippen LogP) is 4.06. The molecule has 0 spiro atoms. The molecule has 0 aliphatic carbocycles. The van der Waals surface area contributed by atoms with Crippen LogP contribution in [0.5, 0.6) is 11.5 Å². The molecule has 8 nitrogen and oxygen atoms in total. The van der Waals surface area contributed by atoms with Crippen molar-refractivity contribution in [3.63, 3.8) is 0 Å². The molecule has 2 aliphatic heterocycles. The maximum Gasteiger partial charge on any atom is 0.312 e. The Kier molecular flexibility index (Phi) is 7.33. The van der Waals surface area contributed by atoms with Crippen LogP contribution in [0.1, 0.15) is 5.56 Å². The number of halogens is 1. The van der Waals surface area contributed by atoms with Crippen LogP contribution in [0, 0.1) is 15.9 Å². The number of nitro groups is 1. The second-order valence-corrected chi connectivity index (χ2v) is 9.00. The SMILES string of the molecule is O=C1/C(=C/c2ccc(Oc3ccc(F)cc3)c([N+](=O)[O-])c2)SC(=S)N1CCN1CCOCC1. The van der Waals surface area contributed by atoms with E-state index in [1.807, 2.05) is 0 Å². The number of rotatable bonds is 7. The summed E-state index contributed by atoms with van der Waals surface area (Å²) < 4.78 is 24.4. The van der Waals surface area contributed by atoms with Gasteiger partial charge < -0.3 is 9.47 Å². The molecule has 0 radical (unpaired) electrons. The molecule has 0 saturated carbocycles. The number of carbonyl (C=O) groups excluding carboxylic acids is 1. The lowest BCUT2D eigenvalue weighted by Gasteiger charge is -2.28. The number of nitrogens with zero attached hydrogens (tertiary/aromatic N) is 3. The van der Waals surface area contributed by atoms with E-state index in [-0.39, 0.29) is 23.1 Å². The summed E-state index contributed by atoms with van der Waals surface area (Å²) in [6.07, 6.45) is 1.59. The van der Waals surface area contributed by atoms with Crippen LogP contribution in [-0.2, 0) is 9.53 Å². The van der Waals surface area contributed by atoms with Gasteiger partial charge in [0.15, 0.2) is 0 Å². The van der Waals surface area contributed by atoms with E-state index in [0.717, 1.165) is 13.1 Å². The predicted molar refractivity (Wildman–Crippen MR) is 127 cm³/mol. The molecule has 0 atom stereocenters. The van der Waals surface area contributed by atoms with Crippen molar-refractivity contribution < 1.29 is 23.6 Å². The molecule has 11 heteroatoms. The van der Waals surface area contributed by atoms with Crippen LogP contribution in [0.2, 0.25) is 0 Å². The lowest BCUT2D eigenvalue weighted by molar-refractivity contribution is -0.385. The molecular weight excluding hydrogens is 469 g/mol. The molecule has 0 aromatic heterocycles. The molecule has 0 N–H and O–H groups in total. The van der Waals surface area contributed by atoms with E-state index in [9.17, 15) is 19.3 Å². The van der Waals surface area contributed by atoms with Gasteiger partial charge in [-0.2, -0.15) is 0 Å². The molecule has 2 aromatic rings. The zero-order valence-corrected chi connectivity index (χ0v) is 19.1. The molecule has 2 saturated heterocycles. The van der Waals surface area contributed by atoms with Gasteiger partial charge in [-0.15, -0.1) is 0 Å². The first-order valence-corrected chi connectivity index (χ1v) is 11.4. The molecule has 4 rings (SSSR count). The number of hydrogen-bond donors (Lipinski definition) is 0. The average Bonchev–Trinajstić information content (AvgIpc) is 3.07. The normalized spacial score (nSPS) is 18.2. The topological polar surface area (TPSA) is 85.1 Å². The average molecular weight is 490 g/mol. The third-order valence-corrected chi connectivity index (χ3v) is 6.51. The highest BCUT2D eigenvalue weighted by Gasteiger charge is 2.32. The van der Waals surface area contributed by atoms with Crippen molar-refractivity contribution in [2.24, 2.45) is 0 Å². The van der Waals surface area contributed by atoms with Crippen molar-refractivity contribution in [2.75, 3.05) is 39.4 Å². The van der Waals surface area contributed by atoms with Crippen LogP contribution >= 0.6 is 24.0 Å². The fraction of sp³-hybridized carbons (Fsp3) is 0.273. The van der Waals surface area contributed by atoms with Gasteiger partial charge in [-0.25, -0.2) is 4.39 Å². The number of morpholine rings is 1. The first kappa shape index (κ1) is 23.3. The number of thiocarbonyl (C=S) groups is 1. The highest BCUT2D eigenvalue weighted by atomic mass is 32.2. The van der Waals surface area contributed by atoms with Crippen LogP contribution in [0.4, 0.5) is 10.1 Å². The molecule has 2 aliphatic rings. The standard InChI is InChI=1S/C22H20FN3O5S2/c23-16-2-4-17(5-3-16)31-19-6-1-15(13-18(19)26(28)29)14-20-21(27)25(22(32)33-20)8-7-24-9-11-30-12-10-24/h1-6,13-14H,7-12H2/b20-14-. The molecule has 1 amide bonds. The fourth-order valence-electron chi connectivity index (χ4n) is 3.39. The Hall–Kier alpha value is -2.86. The number of thioether (sulfide) groups is 1. The number of hydrogen-bond acceptors (Lipinski definition) is 8. The van der Waals surface area contributed by atoms with E-state index < -0.39 is 10.7 Å². The molecule has 33 heavy (non-hydrogen) atoms. The summed E-state index contributed by atoms with van der Waals surface area (Å²) in [5.41, 5.74) is 0.206. The minimum atomic E-state index is -0.566. The summed E-state index contributed by atoms with van der Waals surface area (Å²) in [4.78, 5) is 28.1. The van der Waals surface area contributed by atoms with Crippen LogP contribution in [0.25, 0.3) is 6.08 Å². The van der Waals surface area contributed by atoms with Crippen LogP contribution in [0.3, 0.4) is 0 Å². The van der Waals surface area contributed by atoms with Gasteiger partial charge in [0, 0.05) is 32.2 Å².